The van der Waals surface area contributed by atoms with E-state index in [1.54, 1.807) is 0 Å². The van der Waals surface area contributed by atoms with Crippen LogP contribution in [0.3, 0.4) is 0 Å². The Bertz CT molecular complexity index is 186. The van der Waals surface area contributed by atoms with Gasteiger partial charge in [0, 0.05) is 13.1 Å². The smallest absolute Gasteiger partial charge is 0.237 e. The molecule has 13 heavy (non-hydrogen) atoms. The lowest BCUT2D eigenvalue weighted by Gasteiger charge is -2.33. The topological polar surface area (TPSA) is 32.3 Å². The van der Waals surface area contributed by atoms with Gasteiger partial charge in [0.1, 0.15) is 0 Å². The first-order valence-corrected chi connectivity index (χ1v) is 4.90. The van der Waals surface area contributed by atoms with Gasteiger partial charge < -0.3 is 5.32 Å². The number of nitrogens with zero attached hydrogens (tertiary/aromatic N) is 1. The number of rotatable bonds is 0. The summed E-state index contributed by atoms with van der Waals surface area (Å²) in [6, 6.07) is 0.196. The number of halogens is 1. The van der Waals surface area contributed by atoms with Gasteiger partial charge in [0.2, 0.25) is 5.91 Å². The second-order valence-corrected chi connectivity index (χ2v) is 3.69. The number of carbonyl (C=O) groups is 1. The van der Waals surface area contributed by atoms with Crippen molar-refractivity contribution in [3.8, 4) is 0 Å². The monoisotopic (exact) mass is 204 g/mol. The van der Waals surface area contributed by atoms with Crippen LogP contribution in [0.25, 0.3) is 0 Å². The lowest BCUT2D eigenvalue weighted by molar-refractivity contribution is -0.128. The maximum Gasteiger partial charge on any atom is 0.237 e. The van der Waals surface area contributed by atoms with Gasteiger partial charge in [-0.05, 0) is 19.4 Å². The minimum Gasteiger partial charge on any atom is -0.353 e. The predicted molar refractivity (Wildman–Crippen MR) is 54.1 cm³/mol. The fourth-order valence-corrected chi connectivity index (χ4v) is 2.17. The Morgan fingerprint density at radius 2 is 2.08 bits per heavy atom. The van der Waals surface area contributed by atoms with Crippen LogP contribution >= 0.6 is 12.4 Å². The lowest BCUT2D eigenvalue weighted by atomic mass is 10.1. The number of hydrogen-bond acceptors (Lipinski definition) is 2. The molecule has 4 heteroatoms. The van der Waals surface area contributed by atoms with Crippen molar-refractivity contribution in [2.45, 2.75) is 31.7 Å². The molecule has 2 rings (SSSR count). The molecule has 0 spiro atoms. The standard InChI is InChI=1S/C9H16N2O.ClH/c12-9-8-4-2-1-3-6-11(8)7-5-10-9;/h8H,1-7H2,(H,10,12);1H/t8-;/m0./s1. The number of fused-ring (bicyclic) bond motifs is 1. The third-order valence-corrected chi connectivity index (χ3v) is 2.86. The van der Waals surface area contributed by atoms with Crippen molar-refractivity contribution < 1.29 is 4.79 Å². The minimum atomic E-state index is 0. The van der Waals surface area contributed by atoms with E-state index in [2.05, 4.69) is 10.2 Å². The molecule has 1 N–H and O–H groups in total. The highest BCUT2D eigenvalue weighted by Gasteiger charge is 2.29. The van der Waals surface area contributed by atoms with E-state index in [0.717, 1.165) is 26.1 Å². The highest BCUT2D eigenvalue weighted by molar-refractivity contribution is 5.85. The third-order valence-electron chi connectivity index (χ3n) is 2.86. The first kappa shape index (κ1) is 10.8. The van der Waals surface area contributed by atoms with Crippen LogP contribution in [-0.2, 0) is 4.79 Å². The van der Waals surface area contributed by atoms with Crippen LogP contribution < -0.4 is 5.32 Å². The molecule has 1 amide bonds. The highest BCUT2D eigenvalue weighted by atomic mass is 35.5. The zero-order valence-corrected chi connectivity index (χ0v) is 8.61. The van der Waals surface area contributed by atoms with Gasteiger partial charge in [0.15, 0.2) is 0 Å². The van der Waals surface area contributed by atoms with E-state index in [-0.39, 0.29) is 24.4 Å². The van der Waals surface area contributed by atoms with E-state index in [1.165, 1.54) is 19.3 Å². The fraction of sp³-hybridized carbons (Fsp3) is 0.889. The first-order valence-electron chi connectivity index (χ1n) is 4.90. The van der Waals surface area contributed by atoms with E-state index < -0.39 is 0 Å². The summed E-state index contributed by atoms with van der Waals surface area (Å²) < 4.78 is 0. The summed E-state index contributed by atoms with van der Waals surface area (Å²) in [4.78, 5) is 13.8. The van der Waals surface area contributed by atoms with Crippen LogP contribution in [0.15, 0.2) is 0 Å². The number of hydrogen-bond donors (Lipinski definition) is 1. The molecule has 0 unspecified atom stereocenters. The van der Waals surface area contributed by atoms with Crippen LogP contribution in [0.1, 0.15) is 25.7 Å². The van der Waals surface area contributed by atoms with Crippen molar-refractivity contribution in [3.63, 3.8) is 0 Å². The van der Waals surface area contributed by atoms with Crippen molar-refractivity contribution in [1.29, 1.82) is 0 Å². The van der Waals surface area contributed by atoms with Crippen LogP contribution in [-0.4, -0.2) is 36.5 Å². The molecule has 2 saturated heterocycles. The largest absolute Gasteiger partial charge is 0.353 e. The van der Waals surface area contributed by atoms with Crippen molar-refractivity contribution in [2.24, 2.45) is 0 Å². The summed E-state index contributed by atoms with van der Waals surface area (Å²) in [5.41, 5.74) is 0. The zero-order chi connectivity index (χ0) is 8.39. The van der Waals surface area contributed by atoms with E-state index in [9.17, 15) is 4.79 Å². The molecule has 0 aromatic rings. The Kier molecular flexibility index (Phi) is 4.00. The molecule has 0 radical (unpaired) electrons. The maximum absolute atomic E-state index is 11.4. The van der Waals surface area contributed by atoms with Crippen LogP contribution in [0, 0.1) is 0 Å². The molecular weight excluding hydrogens is 188 g/mol. The molecule has 76 valence electrons. The van der Waals surface area contributed by atoms with E-state index in [4.69, 9.17) is 0 Å². The molecular formula is C9H17ClN2O. The summed E-state index contributed by atoms with van der Waals surface area (Å²) in [6.45, 7) is 3.02. The predicted octanol–water partition coefficient (Wildman–Crippen LogP) is 0.783. The lowest BCUT2D eigenvalue weighted by Crippen LogP contribution is -2.54. The molecule has 0 bridgehead atoms. The second-order valence-electron chi connectivity index (χ2n) is 3.69. The molecule has 2 aliphatic rings. The van der Waals surface area contributed by atoms with Gasteiger partial charge in [-0.1, -0.05) is 12.8 Å². The average Bonchev–Trinajstić information content (AvgIpc) is 2.30. The van der Waals surface area contributed by atoms with Gasteiger partial charge in [-0.25, -0.2) is 0 Å². The van der Waals surface area contributed by atoms with Crippen LogP contribution in [0.4, 0.5) is 0 Å². The Balaban J connectivity index is 0.000000845. The summed E-state index contributed by atoms with van der Waals surface area (Å²) in [5.74, 6) is 0.253. The Labute approximate surface area is 85.3 Å². The zero-order valence-electron chi connectivity index (χ0n) is 7.79. The molecule has 2 fully saturated rings. The van der Waals surface area contributed by atoms with E-state index in [0.29, 0.717) is 0 Å². The SMILES string of the molecule is Cl.O=C1NCCN2CCCCC[C@@H]12. The third kappa shape index (κ3) is 2.35. The molecule has 0 aromatic carbocycles. The fourth-order valence-electron chi connectivity index (χ4n) is 2.17. The van der Waals surface area contributed by atoms with Crippen molar-refractivity contribution >= 4 is 18.3 Å². The molecule has 0 saturated carbocycles. The number of piperazine rings is 1. The molecule has 2 aliphatic heterocycles. The molecule has 3 nitrogen and oxygen atoms in total. The van der Waals surface area contributed by atoms with Crippen molar-refractivity contribution in [2.75, 3.05) is 19.6 Å². The second kappa shape index (κ2) is 4.82. The molecule has 1 atom stereocenters. The molecule has 0 aromatic heterocycles. The Morgan fingerprint density at radius 1 is 1.23 bits per heavy atom. The first-order chi connectivity index (χ1) is 5.88. The summed E-state index contributed by atoms with van der Waals surface area (Å²) in [7, 11) is 0. The number of carbonyl (C=O) groups excluding carboxylic acids is 1. The van der Waals surface area contributed by atoms with Gasteiger partial charge in [-0.15, -0.1) is 12.4 Å². The van der Waals surface area contributed by atoms with Crippen LogP contribution in [0.2, 0.25) is 0 Å². The van der Waals surface area contributed by atoms with Gasteiger partial charge in [0.25, 0.3) is 0 Å². The quantitative estimate of drug-likeness (QED) is 0.633. The molecule has 2 heterocycles. The van der Waals surface area contributed by atoms with E-state index >= 15 is 0 Å². The number of nitrogens with one attached hydrogen (secondary N) is 1. The normalized spacial score (nSPS) is 29.5. The van der Waals surface area contributed by atoms with Crippen molar-refractivity contribution in [1.82, 2.24) is 10.2 Å². The van der Waals surface area contributed by atoms with Crippen LogP contribution in [0.5, 0.6) is 0 Å². The van der Waals surface area contributed by atoms with Gasteiger partial charge in [0.05, 0.1) is 6.04 Å². The summed E-state index contributed by atoms with van der Waals surface area (Å²) >= 11 is 0. The minimum absolute atomic E-state index is 0. The van der Waals surface area contributed by atoms with Gasteiger partial charge in [-0.3, -0.25) is 9.69 Å². The van der Waals surface area contributed by atoms with Gasteiger partial charge in [-0.2, -0.15) is 0 Å². The summed E-state index contributed by atoms with van der Waals surface area (Å²) in [5, 5.41) is 2.93. The highest BCUT2D eigenvalue weighted by Crippen LogP contribution is 2.17. The van der Waals surface area contributed by atoms with Crippen molar-refractivity contribution in [3.05, 3.63) is 0 Å². The number of amides is 1. The Morgan fingerprint density at radius 3 is 2.92 bits per heavy atom. The summed E-state index contributed by atoms with van der Waals surface area (Å²) in [6.07, 6.45) is 4.84. The van der Waals surface area contributed by atoms with Gasteiger partial charge >= 0.3 is 0 Å². The Hall–Kier alpha value is -0.280. The average molecular weight is 205 g/mol. The van der Waals surface area contributed by atoms with E-state index in [1.807, 2.05) is 0 Å². The maximum atomic E-state index is 11.4. The molecule has 0 aliphatic carbocycles.